The zero-order chi connectivity index (χ0) is 19.3. The second-order valence-electron chi connectivity index (χ2n) is 7.64. The number of fused-ring (bicyclic) bond motifs is 3. The van der Waals surface area contributed by atoms with Gasteiger partial charge in [-0.2, -0.15) is 0 Å². The van der Waals surface area contributed by atoms with Gasteiger partial charge >= 0.3 is 0 Å². The van der Waals surface area contributed by atoms with Crippen LogP contribution in [-0.4, -0.2) is 0 Å². The molecule has 4 aromatic rings. The summed E-state index contributed by atoms with van der Waals surface area (Å²) in [4.78, 5) is 0. The van der Waals surface area contributed by atoms with Crippen LogP contribution in [0, 0.1) is 13.8 Å². The van der Waals surface area contributed by atoms with E-state index in [0.717, 1.165) is 12.8 Å². The van der Waals surface area contributed by atoms with Crippen LogP contribution in [0.5, 0.6) is 0 Å². The molecular weight excluding hydrogens is 360 g/mol. The number of hydrogen-bond donors (Lipinski definition) is 0. The van der Waals surface area contributed by atoms with E-state index < -0.39 is 0 Å². The zero-order valence-electron chi connectivity index (χ0n) is 16.7. The van der Waals surface area contributed by atoms with Crippen LogP contribution in [0.1, 0.15) is 48.2 Å². The van der Waals surface area contributed by atoms with Crippen LogP contribution in [0.2, 0.25) is 0 Å². The summed E-state index contributed by atoms with van der Waals surface area (Å²) in [5.74, 6) is 0. The summed E-state index contributed by atoms with van der Waals surface area (Å²) in [7, 11) is 0. The molecule has 0 radical (unpaired) electrons. The predicted octanol–water partition coefficient (Wildman–Crippen LogP) is 8.42. The van der Waals surface area contributed by atoms with Crippen LogP contribution in [0.15, 0.2) is 97.1 Å². The molecule has 0 saturated heterocycles. The number of rotatable bonds is 2. The van der Waals surface area contributed by atoms with Gasteiger partial charge in [0.15, 0.2) is 0 Å². The molecule has 0 N–H and O–H groups in total. The standard InChI is InChI=1S/C15H16.C13H10.2CH4/c1-12-3-7-14(8-4-12)11-15-9-5-13(2)6-10-15;1-3-7-12-10(5-1)9-11-6-2-4-8-13(11)12;;/h3-10H,11H2,1-2H3;1-8H,9H2;2*1H4. The van der Waals surface area contributed by atoms with Gasteiger partial charge in [-0.05, 0) is 60.1 Å². The quantitative estimate of drug-likeness (QED) is 0.282. The molecule has 0 amide bonds. The fraction of sp³-hybridized carbons (Fsp3) is 0.200. The molecule has 0 heteroatoms. The normalized spacial score (nSPS) is 10.5. The monoisotopic (exact) mass is 394 g/mol. The van der Waals surface area contributed by atoms with Crippen molar-refractivity contribution in [2.45, 2.75) is 41.5 Å². The van der Waals surface area contributed by atoms with Gasteiger partial charge in [-0.3, -0.25) is 0 Å². The Morgan fingerprint density at radius 2 is 0.867 bits per heavy atom. The summed E-state index contributed by atoms with van der Waals surface area (Å²) in [5, 5.41) is 0. The number of benzene rings is 4. The van der Waals surface area contributed by atoms with Crippen LogP contribution >= 0.6 is 0 Å². The lowest BCUT2D eigenvalue weighted by Gasteiger charge is -2.03. The van der Waals surface area contributed by atoms with Crippen molar-refractivity contribution in [1.82, 2.24) is 0 Å². The Morgan fingerprint density at radius 1 is 0.500 bits per heavy atom. The Labute approximate surface area is 183 Å². The first-order chi connectivity index (χ1) is 13.7. The minimum absolute atomic E-state index is 0. The SMILES string of the molecule is C.C.Cc1ccc(Cc2ccc(C)cc2)cc1.c1ccc2c(c1)Cc1ccccc1-2. The smallest absolute Gasteiger partial charge is 0.00135 e. The molecule has 0 bridgehead atoms. The highest BCUT2D eigenvalue weighted by Gasteiger charge is 2.15. The average molecular weight is 395 g/mol. The van der Waals surface area contributed by atoms with Gasteiger partial charge in [-0.1, -0.05) is 123 Å². The topological polar surface area (TPSA) is 0 Å². The van der Waals surface area contributed by atoms with Crippen molar-refractivity contribution in [3.05, 3.63) is 130 Å². The predicted molar refractivity (Wildman–Crippen MR) is 133 cm³/mol. The first kappa shape index (κ1) is 23.2. The van der Waals surface area contributed by atoms with E-state index in [0.29, 0.717) is 0 Å². The number of hydrogen-bond acceptors (Lipinski definition) is 0. The van der Waals surface area contributed by atoms with Gasteiger partial charge in [0.05, 0.1) is 0 Å². The highest BCUT2D eigenvalue weighted by Crippen LogP contribution is 2.35. The van der Waals surface area contributed by atoms with Gasteiger partial charge in [0.25, 0.3) is 0 Å². The van der Waals surface area contributed by atoms with Crippen LogP contribution in [0.25, 0.3) is 11.1 Å². The molecule has 1 aliphatic rings. The van der Waals surface area contributed by atoms with Crippen molar-refractivity contribution < 1.29 is 0 Å². The maximum absolute atomic E-state index is 2.22. The molecule has 0 heterocycles. The second-order valence-corrected chi connectivity index (χ2v) is 7.64. The van der Waals surface area contributed by atoms with Crippen molar-refractivity contribution in [2.75, 3.05) is 0 Å². The summed E-state index contributed by atoms with van der Waals surface area (Å²) >= 11 is 0. The van der Waals surface area contributed by atoms with Crippen molar-refractivity contribution in [3.63, 3.8) is 0 Å². The largest absolute Gasteiger partial charge is 0.0776 e. The van der Waals surface area contributed by atoms with Crippen LogP contribution < -0.4 is 0 Å². The molecule has 154 valence electrons. The summed E-state index contributed by atoms with van der Waals surface area (Å²) < 4.78 is 0. The molecule has 0 fully saturated rings. The maximum Gasteiger partial charge on any atom is -0.00135 e. The summed E-state index contributed by atoms with van der Waals surface area (Å²) in [5.41, 5.74) is 11.2. The third kappa shape index (κ3) is 5.48. The summed E-state index contributed by atoms with van der Waals surface area (Å²) in [6.07, 6.45) is 2.13. The van der Waals surface area contributed by atoms with E-state index in [-0.39, 0.29) is 14.9 Å². The molecule has 30 heavy (non-hydrogen) atoms. The minimum atomic E-state index is 0. The van der Waals surface area contributed by atoms with Crippen molar-refractivity contribution in [1.29, 1.82) is 0 Å². The summed E-state index contributed by atoms with van der Waals surface area (Å²) in [6, 6.07) is 34.8. The molecule has 0 aromatic heterocycles. The summed E-state index contributed by atoms with van der Waals surface area (Å²) in [6.45, 7) is 4.24. The molecule has 0 spiro atoms. The van der Waals surface area contributed by atoms with E-state index >= 15 is 0 Å². The Morgan fingerprint density at radius 3 is 1.27 bits per heavy atom. The van der Waals surface area contributed by atoms with Gasteiger partial charge in [0.2, 0.25) is 0 Å². The van der Waals surface area contributed by atoms with Gasteiger partial charge in [0.1, 0.15) is 0 Å². The van der Waals surface area contributed by atoms with Crippen LogP contribution in [-0.2, 0) is 12.8 Å². The van der Waals surface area contributed by atoms with Gasteiger partial charge < -0.3 is 0 Å². The lowest BCUT2D eigenvalue weighted by molar-refractivity contribution is 1.18. The Hall–Kier alpha value is -3.12. The third-order valence-electron chi connectivity index (χ3n) is 5.36. The molecule has 0 aliphatic heterocycles. The van der Waals surface area contributed by atoms with E-state index in [4.69, 9.17) is 0 Å². The maximum atomic E-state index is 2.22. The Kier molecular flexibility index (Phi) is 8.18. The second kappa shape index (κ2) is 10.6. The molecule has 5 rings (SSSR count). The highest BCUT2D eigenvalue weighted by molar-refractivity contribution is 5.76. The number of aryl methyl sites for hydroxylation is 2. The molecule has 0 saturated carbocycles. The lowest BCUT2D eigenvalue weighted by Crippen LogP contribution is -1.88. The van der Waals surface area contributed by atoms with Crippen molar-refractivity contribution in [3.8, 4) is 11.1 Å². The van der Waals surface area contributed by atoms with Crippen molar-refractivity contribution in [2.24, 2.45) is 0 Å². The van der Waals surface area contributed by atoms with Gasteiger partial charge in [0, 0.05) is 0 Å². The zero-order valence-corrected chi connectivity index (χ0v) is 16.7. The van der Waals surface area contributed by atoms with E-state index in [1.54, 1.807) is 0 Å². The average Bonchev–Trinajstić information content (AvgIpc) is 3.11. The third-order valence-corrected chi connectivity index (χ3v) is 5.36. The van der Waals surface area contributed by atoms with Gasteiger partial charge in [-0.25, -0.2) is 0 Å². The fourth-order valence-electron chi connectivity index (χ4n) is 3.73. The lowest BCUT2D eigenvalue weighted by atomic mass is 10.0. The Bertz CT molecular complexity index is 967. The van der Waals surface area contributed by atoms with Gasteiger partial charge in [-0.15, -0.1) is 0 Å². The Balaban J connectivity index is 0.000000201. The van der Waals surface area contributed by atoms with E-state index in [1.165, 1.54) is 44.5 Å². The molecule has 0 atom stereocenters. The first-order valence-corrected chi connectivity index (χ1v) is 9.96. The van der Waals surface area contributed by atoms with E-state index in [1.807, 2.05) is 0 Å². The minimum Gasteiger partial charge on any atom is -0.0776 e. The molecule has 0 nitrogen and oxygen atoms in total. The molecular formula is C30H34. The van der Waals surface area contributed by atoms with Crippen LogP contribution in [0.3, 0.4) is 0 Å². The molecule has 1 aliphatic carbocycles. The molecule has 4 aromatic carbocycles. The fourth-order valence-corrected chi connectivity index (χ4v) is 3.73. The highest BCUT2D eigenvalue weighted by atomic mass is 14.2. The van der Waals surface area contributed by atoms with E-state index in [9.17, 15) is 0 Å². The van der Waals surface area contributed by atoms with Crippen molar-refractivity contribution >= 4 is 0 Å². The molecule has 0 unspecified atom stereocenters. The first-order valence-electron chi connectivity index (χ1n) is 9.96. The van der Waals surface area contributed by atoms with Crippen LogP contribution in [0.4, 0.5) is 0 Å². The van der Waals surface area contributed by atoms with E-state index in [2.05, 4.69) is 111 Å².